The number of nitrogens with zero attached hydrogens (tertiary/aromatic N) is 2. The van der Waals surface area contributed by atoms with Gasteiger partial charge in [-0.25, -0.2) is 4.98 Å². The zero-order valence-corrected chi connectivity index (χ0v) is 12.0. The van der Waals surface area contributed by atoms with E-state index in [0.29, 0.717) is 16.6 Å². The number of nitrogens with two attached hydrogens (primary N) is 1. The number of fused-ring (bicyclic) bond motifs is 1. The number of carbonyl (C=O) groups is 1. The molecule has 5 heteroatoms. The van der Waals surface area contributed by atoms with Crippen molar-refractivity contribution in [1.82, 2.24) is 9.88 Å². The molecule has 19 heavy (non-hydrogen) atoms. The largest absolute Gasteiger partial charge is 0.397 e. The summed E-state index contributed by atoms with van der Waals surface area (Å²) >= 11 is 1.41. The van der Waals surface area contributed by atoms with Gasteiger partial charge in [-0.1, -0.05) is 0 Å². The van der Waals surface area contributed by atoms with Gasteiger partial charge in [-0.05, 0) is 38.3 Å². The van der Waals surface area contributed by atoms with Crippen LogP contribution < -0.4 is 5.73 Å². The van der Waals surface area contributed by atoms with Gasteiger partial charge in [-0.2, -0.15) is 0 Å². The quantitative estimate of drug-likeness (QED) is 0.937. The third kappa shape index (κ3) is 1.98. The first-order valence-electron chi connectivity index (χ1n) is 6.58. The summed E-state index contributed by atoms with van der Waals surface area (Å²) in [6.07, 6.45) is 3.99. The second-order valence-electron chi connectivity index (χ2n) is 4.98. The van der Waals surface area contributed by atoms with E-state index >= 15 is 0 Å². The summed E-state index contributed by atoms with van der Waals surface area (Å²) < 4.78 is 0. The number of aromatic nitrogens is 1. The fraction of sp³-hybridized carbons (Fsp3) is 0.429. The number of hydrogen-bond acceptors (Lipinski definition) is 4. The summed E-state index contributed by atoms with van der Waals surface area (Å²) in [5, 5.41) is 0.933. The first-order chi connectivity index (χ1) is 9.13. The van der Waals surface area contributed by atoms with E-state index in [2.05, 4.69) is 4.98 Å². The van der Waals surface area contributed by atoms with Crippen LogP contribution in [0.2, 0.25) is 0 Å². The molecule has 1 aliphatic rings. The third-order valence-corrected chi connectivity index (χ3v) is 4.72. The number of carbonyl (C=O) groups excluding carboxylic acids is 1. The molecule has 0 bridgehead atoms. The molecule has 0 aromatic carbocycles. The van der Waals surface area contributed by atoms with Crippen molar-refractivity contribution < 1.29 is 4.79 Å². The fourth-order valence-corrected chi connectivity index (χ4v) is 3.54. The van der Waals surface area contributed by atoms with E-state index < -0.39 is 0 Å². The summed E-state index contributed by atoms with van der Waals surface area (Å²) in [4.78, 5) is 20.3. The van der Waals surface area contributed by atoms with Crippen molar-refractivity contribution in [2.24, 2.45) is 0 Å². The summed E-state index contributed by atoms with van der Waals surface area (Å²) in [7, 11) is 0. The van der Waals surface area contributed by atoms with Crippen LogP contribution >= 0.6 is 11.3 Å². The van der Waals surface area contributed by atoms with Gasteiger partial charge in [0, 0.05) is 24.2 Å². The van der Waals surface area contributed by atoms with Crippen LogP contribution in [0.15, 0.2) is 12.3 Å². The van der Waals surface area contributed by atoms with Gasteiger partial charge in [0.15, 0.2) is 0 Å². The highest BCUT2D eigenvalue weighted by Crippen LogP contribution is 2.37. The van der Waals surface area contributed by atoms with Crippen LogP contribution in [0.25, 0.3) is 10.2 Å². The number of rotatable bonds is 3. The maximum atomic E-state index is 12.6. The predicted octanol–water partition coefficient (Wildman–Crippen LogP) is 2.81. The van der Waals surface area contributed by atoms with Gasteiger partial charge in [-0.15, -0.1) is 11.3 Å². The number of hydrogen-bond donors (Lipinski definition) is 1. The molecule has 1 saturated carbocycles. The third-order valence-electron chi connectivity index (χ3n) is 3.62. The van der Waals surface area contributed by atoms with E-state index in [-0.39, 0.29) is 5.91 Å². The molecule has 4 nitrogen and oxygen atoms in total. The van der Waals surface area contributed by atoms with Crippen LogP contribution in [-0.2, 0) is 0 Å². The molecule has 0 aliphatic heterocycles. The highest BCUT2D eigenvalue weighted by atomic mass is 32.1. The second kappa shape index (κ2) is 4.49. The van der Waals surface area contributed by atoms with Gasteiger partial charge in [0.1, 0.15) is 9.71 Å². The van der Waals surface area contributed by atoms with E-state index in [0.717, 1.165) is 35.2 Å². The molecule has 0 unspecified atom stereocenters. The molecule has 3 rings (SSSR count). The summed E-state index contributed by atoms with van der Waals surface area (Å²) in [6, 6.07) is 2.34. The van der Waals surface area contributed by atoms with Crippen LogP contribution in [0.1, 0.15) is 35.0 Å². The topological polar surface area (TPSA) is 59.2 Å². The molecule has 2 aromatic heterocycles. The smallest absolute Gasteiger partial charge is 0.266 e. The lowest BCUT2D eigenvalue weighted by Crippen LogP contribution is -2.32. The highest BCUT2D eigenvalue weighted by Gasteiger charge is 2.33. The molecule has 0 spiro atoms. The highest BCUT2D eigenvalue weighted by molar-refractivity contribution is 7.21. The average molecular weight is 275 g/mol. The molecule has 2 N–H and O–H groups in total. The zero-order valence-electron chi connectivity index (χ0n) is 11.1. The Morgan fingerprint density at radius 1 is 1.58 bits per heavy atom. The van der Waals surface area contributed by atoms with Crippen molar-refractivity contribution in [1.29, 1.82) is 0 Å². The maximum absolute atomic E-state index is 12.6. The lowest BCUT2D eigenvalue weighted by Gasteiger charge is -2.19. The van der Waals surface area contributed by atoms with E-state index in [1.807, 2.05) is 24.8 Å². The Bertz CT molecular complexity index is 645. The fourth-order valence-electron chi connectivity index (χ4n) is 2.45. The molecule has 2 aromatic rings. The zero-order chi connectivity index (χ0) is 13.6. The minimum Gasteiger partial charge on any atom is -0.397 e. The predicted molar refractivity (Wildman–Crippen MR) is 78.5 cm³/mol. The van der Waals surface area contributed by atoms with Crippen molar-refractivity contribution in [3.05, 3.63) is 22.7 Å². The summed E-state index contributed by atoms with van der Waals surface area (Å²) in [5.41, 5.74) is 7.85. The van der Waals surface area contributed by atoms with Crippen molar-refractivity contribution in [3.8, 4) is 0 Å². The first kappa shape index (κ1) is 12.4. The lowest BCUT2D eigenvalue weighted by atomic mass is 10.1. The lowest BCUT2D eigenvalue weighted by molar-refractivity contribution is 0.0758. The van der Waals surface area contributed by atoms with Gasteiger partial charge in [0.25, 0.3) is 5.91 Å². The molecule has 2 heterocycles. The second-order valence-corrected chi connectivity index (χ2v) is 5.97. The van der Waals surface area contributed by atoms with Gasteiger partial charge < -0.3 is 10.6 Å². The minimum atomic E-state index is 0.0601. The van der Waals surface area contributed by atoms with Crippen LogP contribution in [0.5, 0.6) is 0 Å². The molecule has 1 aliphatic carbocycles. The first-order valence-corrected chi connectivity index (χ1v) is 7.39. The number of thiophene rings is 1. The number of aryl methyl sites for hydroxylation is 1. The van der Waals surface area contributed by atoms with Crippen LogP contribution in [0.4, 0.5) is 5.69 Å². The molecule has 1 fully saturated rings. The SMILES string of the molecule is CCN(C(=O)c1sc2nccc(C)c2c1N)C1CC1. The van der Waals surface area contributed by atoms with E-state index in [1.54, 1.807) is 6.20 Å². The van der Waals surface area contributed by atoms with Crippen molar-refractivity contribution >= 4 is 33.1 Å². The Hall–Kier alpha value is -1.62. The summed E-state index contributed by atoms with van der Waals surface area (Å²) in [6.45, 7) is 4.76. The van der Waals surface area contributed by atoms with E-state index in [4.69, 9.17) is 5.73 Å². The van der Waals surface area contributed by atoms with Gasteiger partial charge in [0.05, 0.1) is 5.69 Å². The van der Waals surface area contributed by atoms with Crippen LogP contribution in [-0.4, -0.2) is 28.4 Å². The van der Waals surface area contributed by atoms with Crippen molar-refractivity contribution in [2.75, 3.05) is 12.3 Å². The number of anilines is 1. The average Bonchev–Trinajstić information content (AvgIpc) is 3.15. The van der Waals surface area contributed by atoms with Gasteiger partial charge >= 0.3 is 0 Å². The molecular formula is C14H17N3OS. The van der Waals surface area contributed by atoms with E-state index in [9.17, 15) is 4.79 Å². The number of pyridine rings is 1. The Morgan fingerprint density at radius 2 is 2.32 bits per heavy atom. The van der Waals surface area contributed by atoms with Crippen molar-refractivity contribution in [2.45, 2.75) is 32.7 Å². The maximum Gasteiger partial charge on any atom is 0.266 e. The number of amides is 1. The molecule has 0 saturated heterocycles. The Kier molecular flexibility index (Phi) is 2.93. The standard InChI is InChI=1S/C14H17N3OS/c1-3-17(9-4-5-9)14(18)12-11(15)10-8(2)6-7-16-13(10)19-12/h6-7,9H,3-5,15H2,1-2H3. The normalized spacial score (nSPS) is 14.8. The Balaban J connectivity index is 2.07. The van der Waals surface area contributed by atoms with Gasteiger partial charge in [0.2, 0.25) is 0 Å². The minimum absolute atomic E-state index is 0.0601. The monoisotopic (exact) mass is 275 g/mol. The Morgan fingerprint density at radius 3 is 2.89 bits per heavy atom. The summed E-state index contributed by atoms with van der Waals surface area (Å²) in [5.74, 6) is 0.0601. The number of nitrogen functional groups attached to an aromatic ring is 1. The van der Waals surface area contributed by atoms with Gasteiger partial charge in [-0.3, -0.25) is 4.79 Å². The van der Waals surface area contributed by atoms with E-state index in [1.165, 1.54) is 11.3 Å². The Labute approximate surface area is 116 Å². The molecule has 100 valence electrons. The molecule has 0 radical (unpaired) electrons. The van der Waals surface area contributed by atoms with Crippen LogP contribution in [0, 0.1) is 6.92 Å². The molecule has 1 amide bonds. The molecular weight excluding hydrogens is 258 g/mol. The molecule has 0 atom stereocenters. The van der Waals surface area contributed by atoms with Crippen molar-refractivity contribution in [3.63, 3.8) is 0 Å². The van der Waals surface area contributed by atoms with Crippen LogP contribution in [0.3, 0.4) is 0 Å².